The molecule has 150 valence electrons. The summed E-state index contributed by atoms with van der Waals surface area (Å²) in [5.74, 6) is -0.0288. The van der Waals surface area contributed by atoms with Gasteiger partial charge in [0.25, 0.3) is 5.91 Å². The molecule has 2 atom stereocenters. The number of thiophene rings is 1. The van der Waals surface area contributed by atoms with Crippen LogP contribution in [-0.2, 0) is 16.8 Å². The van der Waals surface area contributed by atoms with Crippen molar-refractivity contribution in [1.29, 1.82) is 0 Å². The molecule has 0 bridgehead atoms. The lowest BCUT2D eigenvalue weighted by Crippen LogP contribution is -2.46. The first-order valence-electron chi connectivity index (χ1n) is 10.6. The minimum atomic E-state index is -0.408. The fraction of sp³-hybridized carbons (Fsp3) is 0.762. The van der Waals surface area contributed by atoms with E-state index in [0.29, 0.717) is 0 Å². The number of piperidine rings is 1. The van der Waals surface area contributed by atoms with Crippen molar-refractivity contribution < 1.29 is 14.6 Å². The van der Waals surface area contributed by atoms with Crippen LogP contribution in [0.1, 0.15) is 72.0 Å². The predicted octanol–water partition coefficient (Wildman–Crippen LogP) is 3.06. The first kappa shape index (κ1) is 19.4. The Bertz CT molecular complexity index is 666. The summed E-state index contributed by atoms with van der Waals surface area (Å²) in [6.45, 7) is 6.28. The number of aliphatic hydroxyl groups excluding tert-OH is 1. The highest BCUT2D eigenvalue weighted by Gasteiger charge is 2.42. The SMILES string of the molecule is CCCN1CCC2(CC1)OCCc1cc(C(=O)N[C@H]3CCCC[C@@H]3O)sc12. The highest BCUT2D eigenvalue weighted by atomic mass is 32.1. The summed E-state index contributed by atoms with van der Waals surface area (Å²) in [5.41, 5.74) is 1.11. The molecule has 1 aromatic heterocycles. The Morgan fingerprint density at radius 1 is 1.37 bits per heavy atom. The van der Waals surface area contributed by atoms with E-state index in [4.69, 9.17) is 4.74 Å². The number of carbonyl (C=O) groups excluding carboxylic acids is 1. The van der Waals surface area contributed by atoms with Crippen molar-refractivity contribution >= 4 is 17.2 Å². The number of rotatable bonds is 4. The Morgan fingerprint density at radius 3 is 2.89 bits per heavy atom. The molecule has 0 aromatic carbocycles. The number of nitrogens with zero attached hydrogens (tertiary/aromatic N) is 1. The zero-order valence-corrected chi connectivity index (χ0v) is 17.2. The average molecular weight is 393 g/mol. The molecule has 5 nitrogen and oxygen atoms in total. The quantitative estimate of drug-likeness (QED) is 0.827. The molecule has 27 heavy (non-hydrogen) atoms. The summed E-state index contributed by atoms with van der Waals surface area (Å²) in [7, 11) is 0. The monoisotopic (exact) mass is 392 g/mol. The van der Waals surface area contributed by atoms with E-state index in [0.717, 1.165) is 76.1 Å². The molecule has 2 aliphatic heterocycles. The molecule has 1 saturated carbocycles. The highest BCUT2D eigenvalue weighted by Crippen LogP contribution is 2.45. The van der Waals surface area contributed by atoms with E-state index < -0.39 is 6.10 Å². The van der Waals surface area contributed by atoms with E-state index in [1.165, 1.54) is 16.9 Å². The molecule has 3 heterocycles. The molecular weight excluding hydrogens is 360 g/mol. The Balaban J connectivity index is 1.48. The minimum Gasteiger partial charge on any atom is -0.391 e. The topological polar surface area (TPSA) is 61.8 Å². The number of fused-ring (bicyclic) bond motifs is 2. The van der Waals surface area contributed by atoms with Crippen LogP contribution >= 0.6 is 11.3 Å². The number of aliphatic hydroxyl groups is 1. The lowest BCUT2D eigenvalue weighted by molar-refractivity contribution is -0.0949. The Hall–Kier alpha value is -0.950. The number of hydrogen-bond donors (Lipinski definition) is 2. The highest BCUT2D eigenvalue weighted by molar-refractivity contribution is 7.14. The maximum atomic E-state index is 12.8. The molecule has 1 aromatic rings. The standard InChI is InChI=1S/C21H32N2O3S/c1-2-10-23-11-8-21(9-12-23)19-15(7-13-26-21)14-18(27-19)20(25)22-16-5-3-4-6-17(16)24/h14,16-17,24H,2-13H2,1H3,(H,22,25)/t16-,17-/m0/s1. The molecule has 2 N–H and O–H groups in total. The fourth-order valence-corrected chi connectivity index (χ4v) is 6.19. The fourth-order valence-electron chi connectivity index (χ4n) is 4.88. The zero-order chi connectivity index (χ0) is 18.9. The van der Waals surface area contributed by atoms with E-state index in [2.05, 4.69) is 23.2 Å². The third kappa shape index (κ3) is 3.95. The number of hydrogen-bond acceptors (Lipinski definition) is 5. The Kier molecular flexibility index (Phi) is 5.88. The average Bonchev–Trinajstić information content (AvgIpc) is 3.12. The van der Waals surface area contributed by atoms with Crippen molar-refractivity contribution in [2.75, 3.05) is 26.2 Å². The molecule has 2 fully saturated rings. The summed E-state index contributed by atoms with van der Waals surface area (Å²) in [6, 6.07) is 1.97. The first-order valence-corrected chi connectivity index (χ1v) is 11.4. The van der Waals surface area contributed by atoms with Crippen molar-refractivity contribution in [2.45, 2.75) is 76.0 Å². The van der Waals surface area contributed by atoms with Crippen LogP contribution in [0.15, 0.2) is 6.07 Å². The van der Waals surface area contributed by atoms with Crippen LogP contribution in [0, 0.1) is 0 Å². The third-order valence-electron chi connectivity index (χ3n) is 6.45. The lowest BCUT2D eigenvalue weighted by Gasteiger charge is -2.43. The maximum absolute atomic E-state index is 12.8. The van der Waals surface area contributed by atoms with Crippen LogP contribution in [0.3, 0.4) is 0 Å². The van der Waals surface area contributed by atoms with E-state index in [1.54, 1.807) is 11.3 Å². The molecule has 6 heteroatoms. The summed E-state index contributed by atoms with van der Waals surface area (Å²) in [4.78, 5) is 17.4. The van der Waals surface area contributed by atoms with Crippen molar-refractivity contribution in [3.05, 3.63) is 21.4 Å². The van der Waals surface area contributed by atoms with Crippen molar-refractivity contribution in [3.8, 4) is 0 Å². The largest absolute Gasteiger partial charge is 0.391 e. The first-order chi connectivity index (χ1) is 13.1. The van der Waals surface area contributed by atoms with Gasteiger partial charge in [-0.3, -0.25) is 4.79 Å². The summed E-state index contributed by atoms with van der Waals surface area (Å²) < 4.78 is 6.33. The van der Waals surface area contributed by atoms with Crippen LogP contribution in [0.2, 0.25) is 0 Å². The van der Waals surface area contributed by atoms with Gasteiger partial charge in [-0.15, -0.1) is 11.3 Å². The molecule has 1 aliphatic carbocycles. The lowest BCUT2D eigenvalue weighted by atomic mass is 9.85. The molecule has 3 aliphatic rings. The number of likely N-dealkylation sites (tertiary alicyclic amines) is 1. The van der Waals surface area contributed by atoms with Gasteiger partial charge in [-0.05, 0) is 56.7 Å². The van der Waals surface area contributed by atoms with E-state index in [-0.39, 0.29) is 17.6 Å². The van der Waals surface area contributed by atoms with Gasteiger partial charge < -0.3 is 20.1 Å². The molecule has 1 spiro atoms. The molecule has 0 unspecified atom stereocenters. The van der Waals surface area contributed by atoms with Crippen LogP contribution in [0.4, 0.5) is 0 Å². The van der Waals surface area contributed by atoms with Crippen molar-refractivity contribution in [2.24, 2.45) is 0 Å². The van der Waals surface area contributed by atoms with Gasteiger partial charge in [0.05, 0.1) is 23.6 Å². The van der Waals surface area contributed by atoms with Gasteiger partial charge in [-0.1, -0.05) is 19.8 Å². The molecule has 1 amide bonds. The zero-order valence-electron chi connectivity index (χ0n) is 16.3. The predicted molar refractivity (Wildman–Crippen MR) is 107 cm³/mol. The second kappa shape index (κ2) is 8.19. The van der Waals surface area contributed by atoms with Gasteiger partial charge in [0, 0.05) is 18.0 Å². The second-order valence-electron chi connectivity index (χ2n) is 8.33. The minimum absolute atomic E-state index is 0.0288. The van der Waals surface area contributed by atoms with Gasteiger partial charge in [0.1, 0.15) is 5.60 Å². The van der Waals surface area contributed by atoms with Gasteiger partial charge >= 0.3 is 0 Å². The molecular formula is C21H32N2O3S. The van der Waals surface area contributed by atoms with Gasteiger partial charge in [0.15, 0.2) is 0 Å². The maximum Gasteiger partial charge on any atom is 0.261 e. The molecule has 0 radical (unpaired) electrons. The van der Waals surface area contributed by atoms with Crippen molar-refractivity contribution in [3.63, 3.8) is 0 Å². The van der Waals surface area contributed by atoms with E-state index in [1.807, 2.05) is 0 Å². The number of ether oxygens (including phenoxy) is 1. The number of amides is 1. The Labute approximate surface area is 166 Å². The smallest absolute Gasteiger partial charge is 0.261 e. The van der Waals surface area contributed by atoms with Crippen LogP contribution in [-0.4, -0.2) is 54.3 Å². The van der Waals surface area contributed by atoms with Gasteiger partial charge in [-0.2, -0.15) is 0 Å². The normalized spacial score (nSPS) is 28.1. The van der Waals surface area contributed by atoms with Gasteiger partial charge in [-0.25, -0.2) is 0 Å². The summed E-state index contributed by atoms with van der Waals surface area (Å²) in [5, 5.41) is 13.2. The second-order valence-corrected chi connectivity index (χ2v) is 9.38. The van der Waals surface area contributed by atoms with Crippen molar-refractivity contribution in [1.82, 2.24) is 10.2 Å². The Morgan fingerprint density at radius 2 is 2.15 bits per heavy atom. The summed E-state index contributed by atoms with van der Waals surface area (Å²) in [6.07, 6.45) is 7.50. The molecule has 4 rings (SSSR count). The summed E-state index contributed by atoms with van der Waals surface area (Å²) >= 11 is 1.62. The number of carbonyl (C=O) groups is 1. The van der Waals surface area contributed by atoms with Crippen LogP contribution < -0.4 is 5.32 Å². The van der Waals surface area contributed by atoms with E-state index in [9.17, 15) is 9.90 Å². The van der Waals surface area contributed by atoms with Crippen LogP contribution in [0.25, 0.3) is 0 Å². The van der Waals surface area contributed by atoms with Crippen LogP contribution in [0.5, 0.6) is 0 Å². The third-order valence-corrected chi connectivity index (χ3v) is 7.81. The molecule has 1 saturated heterocycles. The number of nitrogens with one attached hydrogen (secondary N) is 1. The van der Waals surface area contributed by atoms with E-state index >= 15 is 0 Å². The van der Waals surface area contributed by atoms with Gasteiger partial charge in [0.2, 0.25) is 0 Å².